The first-order valence-electron chi connectivity index (χ1n) is 15.4. The molecule has 5 aromatic rings. The first-order chi connectivity index (χ1) is 22.5. The normalized spacial score (nSPS) is 12.0. The largest absolute Gasteiger partial charge is 0.497 e. The van der Waals surface area contributed by atoms with Crippen molar-refractivity contribution in [1.82, 2.24) is 28.9 Å². The van der Waals surface area contributed by atoms with Crippen molar-refractivity contribution < 1.29 is 19.0 Å². The number of pyridine rings is 2. The molecule has 4 aromatic heterocycles. The van der Waals surface area contributed by atoms with Crippen molar-refractivity contribution >= 4 is 28.4 Å². The van der Waals surface area contributed by atoms with Crippen LogP contribution in [-0.4, -0.2) is 62.7 Å². The quantitative estimate of drug-likeness (QED) is 0.196. The number of nitrogens with two attached hydrogens (primary N) is 1. The maximum absolute atomic E-state index is 13.4. The van der Waals surface area contributed by atoms with Crippen LogP contribution in [0.4, 0.5) is 11.4 Å². The zero-order valence-electron chi connectivity index (χ0n) is 28.0. The van der Waals surface area contributed by atoms with E-state index in [1.165, 1.54) is 9.13 Å². The molecule has 0 radical (unpaired) electrons. The molecule has 0 unspecified atom stereocenters. The summed E-state index contributed by atoms with van der Waals surface area (Å²) in [5, 5.41) is 4.39. The zero-order valence-corrected chi connectivity index (χ0v) is 28.0. The third kappa shape index (κ3) is 7.30. The van der Waals surface area contributed by atoms with E-state index in [0.29, 0.717) is 43.0 Å². The second-order valence-electron chi connectivity index (χ2n) is 11.9. The Kier molecular flexibility index (Phi) is 9.95. The lowest BCUT2D eigenvalue weighted by atomic mass is 10.1. The molecule has 248 valence electrons. The molecular formula is C34H42N8O5. The SMILES string of the molecule is COc1ccc(CN(C)c2cc(C)nc3c2ncn3C(=O)CC[C@H](C)COCc2cc(N)c(=O)n(-c3cc(C)n(C)n3)c2)c(OC)c1. The van der Waals surface area contributed by atoms with E-state index in [1.807, 2.05) is 65.2 Å². The molecule has 13 nitrogen and oxygen atoms in total. The number of aromatic nitrogens is 6. The number of rotatable bonds is 13. The number of carbonyl (C=O) groups excluding carboxylic acids is 1. The fourth-order valence-electron chi connectivity index (χ4n) is 5.41. The molecular weight excluding hydrogens is 600 g/mol. The molecule has 0 bridgehead atoms. The molecule has 4 heterocycles. The van der Waals surface area contributed by atoms with Crippen LogP contribution >= 0.6 is 0 Å². The monoisotopic (exact) mass is 642 g/mol. The van der Waals surface area contributed by atoms with Crippen LogP contribution in [0.3, 0.4) is 0 Å². The Labute approximate surface area is 273 Å². The number of nitrogens with zero attached hydrogens (tertiary/aromatic N) is 7. The van der Waals surface area contributed by atoms with Crippen molar-refractivity contribution in [2.75, 3.05) is 38.5 Å². The highest BCUT2D eigenvalue weighted by molar-refractivity contribution is 5.94. The van der Waals surface area contributed by atoms with Crippen molar-refractivity contribution in [1.29, 1.82) is 0 Å². The third-order valence-corrected chi connectivity index (χ3v) is 8.17. The number of anilines is 2. The molecule has 0 saturated heterocycles. The van der Waals surface area contributed by atoms with Crippen LogP contribution in [0.1, 0.15) is 47.1 Å². The van der Waals surface area contributed by atoms with Gasteiger partial charge in [-0.1, -0.05) is 6.92 Å². The Morgan fingerprint density at radius 3 is 2.60 bits per heavy atom. The minimum atomic E-state index is -0.327. The first-order valence-corrected chi connectivity index (χ1v) is 15.4. The second-order valence-corrected chi connectivity index (χ2v) is 11.9. The summed E-state index contributed by atoms with van der Waals surface area (Å²) in [5.74, 6) is 1.96. The van der Waals surface area contributed by atoms with E-state index in [2.05, 4.69) is 20.0 Å². The van der Waals surface area contributed by atoms with Crippen molar-refractivity contribution in [3.05, 3.63) is 81.8 Å². The fourth-order valence-corrected chi connectivity index (χ4v) is 5.41. The number of benzene rings is 1. The first kappa shape index (κ1) is 33.2. The molecule has 0 aliphatic rings. The maximum Gasteiger partial charge on any atom is 0.279 e. The Balaban J connectivity index is 1.21. The van der Waals surface area contributed by atoms with Gasteiger partial charge in [0.1, 0.15) is 23.3 Å². The van der Waals surface area contributed by atoms with Gasteiger partial charge in [-0.2, -0.15) is 5.10 Å². The van der Waals surface area contributed by atoms with Crippen molar-refractivity contribution in [2.45, 2.75) is 46.8 Å². The number of fused-ring (bicyclic) bond motifs is 1. The van der Waals surface area contributed by atoms with Gasteiger partial charge in [0.15, 0.2) is 11.5 Å². The molecule has 1 atom stereocenters. The Morgan fingerprint density at radius 1 is 1.11 bits per heavy atom. The summed E-state index contributed by atoms with van der Waals surface area (Å²) in [6, 6.07) is 11.2. The van der Waals surface area contributed by atoms with E-state index >= 15 is 0 Å². The van der Waals surface area contributed by atoms with E-state index < -0.39 is 0 Å². The van der Waals surface area contributed by atoms with Gasteiger partial charge in [0.25, 0.3) is 5.56 Å². The number of hydrogen-bond donors (Lipinski definition) is 1. The standard InChI is InChI=1S/C34H42N8O5/c1-21(18-47-19-24-14-27(35)34(44)41(16-24)30-13-23(3)40(5)38-30)8-11-31(43)42-20-36-32-28(12-22(2)37-33(32)42)39(4)17-25-9-10-26(45-6)15-29(25)46-7/h9-10,12-16,20-21H,8,11,17-19,35H2,1-7H3/t21-/m0/s1. The Bertz CT molecular complexity index is 1940. The average Bonchev–Trinajstić information content (AvgIpc) is 3.63. The summed E-state index contributed by atoms with van der Waals surface area (Å²) in [4.78, 5) is 37.3. The van der Waals surface area contributed by atoms with E-state index in [0.717, 1.165) is 39.7 Å². The van der Waals surface area contributed by atoms with Gasteiger partial charge in [-0.15, -0.1) is 0 Å². The number of aryl methyl sites for hydroxylation is 3. The summed E-state index contributed by atoms with van der Waals surface area (Å²) < 4.78 is 21.6. The Morgan fingerprint density at radius 2 is 1.89 bits per heavy atom. The molecule has 0 aliphatic carbocycles. The fraction of sp³-hybridized carbons (Fsp3) is 0.382. The van der Waals surface area contributed by atoms with Gasteiger partial charge in [-0.05, 0) is 56.0 Å². The van der Waals surface area contributed by atoms with Crippen LogP contribution < -0.4 is 25.7 Å². The highest BCUT2D eigenvalue weighted by atomic mass is 16.5. The van der Waals surface area contributed by atoms with Gasteiger partial charge in [0.2, 0.25) is 5.91 Å². The van der Waals surface area contributed by atoms with Crippen LogP contribution in [0.25, 0.3) is 17.0 Å². The molecule has 0 aliphatic heterocycles. The summed E-state index contributed by atoms with van der Waals surface area (Å²) in [7, 11) is 7.05. The van der Waals surface area contributed by atoms with Crippen molar-refractivity contribution in [2.24, 2.45) is 13.0 Å². The summed E-state index contributed by atoms with van der Waals surface area (Å²) >= 11 is 0. The molecule has 13 heteroatoms. The number of imidazole rings is 1. The third-order valence-electron chi connectivity index (χ3n) is 8.17. The molecule has 0 fully saturated rings. The molecule has 1 aromatic carbocycles. The van der Waals surface area contributed by atoms with Crippen LogP contribution in [0.5, 0.6) is 11.5 Å². The van der Waals surface area contributed by atoms with E-state index in [1.54, 1.807) is 37.5 Å². The van der Waals surface area contributed by atoms with E-state index in [4.69, 9.17) is 19.9 Å². The summed E-state index contributed by atoms with van der Waals surface area (Å²) in [5.41, 5.74) is 11.3. The summed E-state index contributed by atoms with van der Waals surface area (Å²) in [6.45, 7) is 7.11. The molecule has 5 rings (SSSR count). The molecule has 0 amide bonds. The number of ether oxygens (including phenoxy) is 3. The minimum Gasteiger partial charge on any atom is -0.497 e. The minimum absolute atomic E-state index is 0.0895. The van der Waals surface area contributed by atoms with Gasteiger partial charge in [-0.25, -0.2) is 9.97 Å². The van der Waals surface area contributed by atoms with Crippen LogP contribution in [0, 0.1) is 19.8 Å². The van der Waals surface area contributed by atoms with E-state index in [9.17, 15) is 9.59 Å². The van der Waals surface area contributed by atoms with Gasteiger partial charge in [-0.3, -0.25) is 23.4 Å². The number of hydrogen-bond acceptors (Lipinski definition) is 10. The number of methoxy groups -OCH3 is 2. The van der Waals surface area contributed by atoms with Gasteiger partial charge in [0, 0.05) is 68.9 Å². The number of carbonyl (C=O) groups is 1. The van der Waals surface area contributed by atoms with Gasteiger partial charge >= 0.3 is 0 Å². The lowest BCUT2D eigenvalue weighted by Crippen LogP contribution is -2.22. The molecule has 47 heavy (non-hydrogen) atoms. The smallest absolute Gasteiger partial charge is 0.279 e. The topological polar surface area (TPSA) is 145 Å². The predicted octanol–water partition coefficient (Wildman–Crippen LogP) is 4.44. The maximum atomic E-state index is 13.4. The van der Waals surface area contributed by atoms with Crippen molar-refractivity contribution in [3.8, 4) is 17.3 Å². The number of nitrogen functional groups attached to an aromatic ring is 1. The second kappa shape index (κ2) is 14.1. The average molecular weight is 643 g/mol. The van der Waals surface area contributed by atoms with E-state index in [-0.39, 0.29) is 29.7 Å². The lowest BCUT2D eigenvalue weighted by Gasteiger charge is -2.22. The highest BCUT2D eigenvalue weighted by Crippen LogP contribution is 2.30. The van der Waals surface area contributed by atoms with Crippen LogP contribution in [0.15, 0.2) is 53.7 Å². The summed E-state index contributed by atoms with van der Waals surface area (Å²) in [6.07, 6.45) is 4.17. The zero-order chi connectivity index (χ0) is 33.8. The lowest BCUT2D eigenvalue weighted by molar-refractivity contribution is 0.0802. The van der Waals surface area contributed by atoms with Gasteiger partial charge in [0.05, 0.1) is 32.2 Å². The van der Waals surface area contributed by atoms with Crippen LogP contribution in [-0.2, 0) is 24.9 Å². The molecule has 0 saturated carbocycles. The molecule has 0 spiro atoms. The van der Waals surface area contributed by atoms with Gasteiger partial charge < -0.3 is 24.8 Å². The predicted molar refractivity (Wildman–Crippen MR) is 181 cm³/mol. The Hall–Kier alpha value is -5.17. The highest BCUT2D eigenvalue weighted by Gasteiger charge is 2.19. The van der Waals surface area contributed by atoms with Crippen molar-refractivity contribution in [3.63, 3.8) is 0 Å². The molecule has 2 N–H and O–H groups in total. The van der Waals surface area contributed by atoms with Crippen LogP contribution in [0.2, 0.25) is 0 Å².